The van der Waals surface area contributed by atoms with Crippen molar-refractivity contribution in [3.63, 3.8) is 0 Å². The van der Waals surface area contributed by atoms with Crippen LogP contribution in [0.2, 0.25) is 5.15 Å². The van der Waals surface area contributed by atoms with E-state index in [0.717, 1.165) is 18.5 Å². The third kappa shape index (κ3) is 5.41. The molecule has 13 nitrogen and oxygen atoms in total. The number of aliphatic hydroxyl groups excluding tert-OH is 2. The molecule has 0 amide bonds. The Bertz CT molecular complexity index is 1450. The number of aryl methyl sites for hydroxylation is 1. The molecule has 1 saturated heterocycles. The molecule has 38 heavy (non-hydrogen) atoms. The molecule has 5 N–H and O–H groups in total. The van der Waals surface area contributed by atoms with Gasteiger partial charge in [-0.05, 0) is 30.0 Å². The van der Waals surface area contributed by atoms with E-state index in [9.17, 15) is 24.2 Å². The van der Waals surface area contributed by atoms with E-state index in [0.29, 0.717) is 5.39 Å². The average molecular weight is 589 g/mol. The summed E-state index contributed by atoms with van der Waals surface area (Å²) < 4.78 is 34.8. The summed E-state index contributed by atoms with van der Waals surface area (Å²) in [5.41, 5.74) is 3.57. The van der Waals surface area contributed by atoms with E-state index >= 15 is 0 Å². The van der Waals surface area contributed by atoms with Gasteiger partial charge in [-0.25, -0.2) is 9.67 Å². The summed E-state index contributed by atoms with van der Waals surface area (Å²) in [6.45, 7) is -0.703. The SMILES string of the molecule is CN(c1cc(Cl)nc2c1cnn2[C@@H]1O[C@H](COP(=O)(O)CP(=O)(O)O)C(O)[C@@H]1O)[C@@H]1CCc2ccccc21. The Hall–Kier alpha value is -1.89. The summed E-state index contributed by atoms with van der Waals surface area (Å²) in [4.78, 5) is 34.1. The standard InChI is InChI=1S/C22H27ClN4O9P2/c1-26(15-7-6-12-4-2-3-5-13(12)15)16-8-18(23)25-21-14(16)9-24-27(21)22-20(29)19(28)17(36-22)10-35-38(33,34)11-37(30,31)32/h2-5,8-9,15,17,19-20,22,28-29H,6-7,10-11H2,1H3,(H,33,34)(H2,30,31,32)/t15-,17-,19?,20+,22-/m1/s1. The van der Waals surface area contributed by atoms with Gasteiger partial charge in [-0.1, -0.05) is 35.9 Å². The predicted molar refractivity (Wildman–Crippen MR) is 137 cm³/mol. The van der Waals surface area contributed by atoms with E-state index in [1.807, 2.05) is 19.2 Å². The molecule has 6 atom stereocenters. The van der Waals surface area contributed by atoms with Crippen LogP contribution in [0.4, 0.5) is 5.69 Å². The lowest BCUT2D eigenvalue weighted by molar-refractivity contribution is -0.0541. The van der Waals surface area contributed by atoms with Crippen LogP contribution in [0.15, 0.2) is 36.5 Å². The number of fused-ring (bicyclic) bond motifs is 2. The molecule has 2 unspecified atom stereocenters. The van der Waals surface area contributed by atoms with Gasteiger partial charge in [0, 0.05) is 7.05 Å². The number of ether oxygens (including phenoxy) is 1. The van der Waals surface area contributed by atoms with Crippen LogP contribution in [0.3, 0.4) is 0 Å². The molecule has 0 saturated carbocycles. The quantitative estimate of drug-likeness (QED) is 0.191. The van der Waals surface area contributed by atoms with E-state index in [4.69, 9.17) is 30.6 Å². The predicted octanol–water partition coefficient (Wildman–Crippen LogP) is 2.16. The lowest BCUT2D eigenvalue weighted by atomic mass is 10.1. The van der Waals surface area contributed by atoms with Crippen LogP contribution in [-0.4, -0.2) is 77.5 Å². The van der Waals surface area contributed by atoms with Gasteiger partial charge in [-0.15, -0.1) is 0 Å². The first-order valence-corrected chi connectivity index (χ1v) is 15.7. The highest BCUT2D eigenvalue weighted by molar-refractivity contribution is 7.70. The molecule has 0 bridgehead atoms. The Labute approximate surface area is 222 Å². The number of aromatic nitrogens is 3. The second-order valence-corrected chi connectivity index (χ2v) is 13.8. The van der Waals surface area contributed by atoms with Gasteiger partial charge in [-0.3, -0.25) is 9.13 Å². The normalized spacial score (nSPS) is 27.0. The number of rotatable bonds is 8. The smallest absolute Gasteiger partial charge is 0.340 e. The summed E-state index contributed by atoms with van der Waals surface area (Å²) in [5, 5.41) is 26.3. The number of halogens is 1. The highest BCUT2D eigenvalue weighted by Gasteiger charge is 2.46. The van der Waals surface area contributed by atoms with Crippen molar-refractivity contribution in [1.29, 1.82) is 0 Å². The monoisotopic (exact) mass is 588 g/mol. The van der Waals surface area contributed by atoms with Gasteiger partial charge < -0.3 is 39.1 Å². The number of hydrogen-bond acceptors (Lipinski definition) is 9. The van der Waals surface area contributed by atoms with E-state index in [-0.39, 0.29) is 16.8 Å². The maximum atomic E-state index is 12.0. The number of pyridine rings is 1. The van der Waals surface area contributed by atoms with Crippen molar-refractivity contribution in [3.8, 4) is 0 Å². The highest BCUT2D eigenvalue weighted by atomic mass is 35.5. The number of hydrogen-bond donors (Lipinski definition) is 5. The van der Waals surface area contributed by atoms with Crippen molar-refractivity contribution in [2.75, 3.05) is 24.5 Å². The first kappa shape index (κ1) is 27.7. The van der Waals surface area contributed by atoms with E-state index in [1.54, 1.807) is 12.3 Å². The van der Waals surface area contributed by atoms with Crippen LogP contribution < -0.4 is 4.90 Å². The van der Waals surface area contributed by atoms with Crippen molar-refractivity contribution in [2.24, 2.45) is 0 Å². The Morgan fingerprint density at radius 3 is 2.68 bits per heavy atom. The molecule has 2 aromatic heterocycles. The van der Waals surface area contributed by atoms with Crippen LogP contribution in [0.5, 0.6) is 0 Å². The van der Waals surface area contributed by atoms with E-state index in [2.05, 4.69) is 27.1 Å². The fourth-order valence-electron chi connectivity index (χ4n) is 5.09. The summed E-state index contributed by atoms with van der Waals surface area (Å²) in [7, 11) is -7.56. The Morgan fingerprint density at radius 1 is 1.21 bits per heavy atom. The highest BCUT2D eigenvalue weighted by Crippen LogP contribution is 2.55. The minimum atomic E-state index is -4.83. The Morgan fingerprint density at radius 2 is 1.95 bits per heavy atom. The van der Waals surface area contributed by atoms with Crippen molar-refractivity contribution in [2.45, 2.75) is 43.4 Å². The molecular weight excluding hydrogens is 562 g/mol. The first-order valence-electron chi connectivity index (χ1n) is 11.7. The molecule has 3 heterocycles. The molecule has 5 rings (SSSR count). The van der Waals surface area contributed by atoms with Gasteiger partial charge in [0.25, 0.3) is 0 Å². The molecule has 0 spiro atoms. The van der Waals surface area contributed by atoms with E-state index < -0.39 is 52.2 Å². The number of benzene rings is 1. The molecule has 1 fully saturated rings. The van der Waals surface area contributed by atoms with Crippen LogP contribution in [0.1, 0.15) is 29.8 Å². The first-order chi connectivity index (χ1) is 17.8. The van der Waals surface area contributed by atoms with Gasteiger partial charge in [0.1, 0.15) is 23.5 Å². The largest absolute Gasteiger partial charge is 0.387 e. The second-order valence-electron chi connectivity index (χ2n) is 9.44. The van der Waals surface area contributed by atoms with Crippen molar-refractivity contribution in [3.05, 3.63) is 52.8 Å². The molecule has 2 aliphatic rings. The molecule has 1 aliphatic heterocycles. The fourth-order valence-corrected chi connectivity index (χ4v) is 7.84. The summed E-state index contributed by atoms with van der Waals surface area (Å²) in [6, 6.07) is 10.1. The second kappa shape index (κ2) is 10.3. The number of aliphatic hydroxyl groups is 2. The number of anilines is 1. The molecule has 3 aromatic rings. The lowest BCUT2D eigenvalue weighted by Crippen LogP contribution is -2.33. The minimum Gasteiger partial charge on any atom is -0.387 e. The Balaban J connectivity index is 1.40. The Kier molecular flexibility index (Phi) is 7.47. The maximum absolute atomic E-state index is 12.0. The topological polar surface area (TPSA) is 188 Å². The van der Waals surface area contributed by atoms with Crippen LogP contribution in [0, 0.1) is 0 Å². The van der Waals surface area contributed by atoms with Gasteiger partial charge in [0.15, 0.2) is 17.8 Å². The zero-order chi connectivity index (χ0) is 27.4. The molecule has 1 aromatic carbocycles. The third-order valence-electron chi connectivity index (χ3n) is 6.84. The van der Waals surface area contributed by atoms with Gasteiger partial charge in [0.05, 0.1) is 29.9 Å². The van der Waals surface area contributed by atoms with Crippen molar-refractivity contribution < 1.29 is 43.3 Å². The maximum Gasteiger partial charge on any atom is 0.340 e. The molecule has 1 aliphatic carbocycles. The zero-order valence-corrected chi connectivity index (χ0v) is 22.7. The van der Waals surface area contributed by atoms with Gasteiger partial charge in [-0.2, -0.15) is 5.10 Å². The van der Waals surface area contributed by atoms with Crippen LogP contribution in [-0.2, 0) is 24.8 Å². The third-order valence-corrected chi connectivity index (χ3v) is 10.5. The minimum absolute atomic E-state index is 0.107. The van der Waals surface area contributed by atoms with Crippen LogP contribution in [0.25, 0.3) is 11.0 Å². The van der Waals surface area contributed by atoms with Gasteiger partial charge in [0.2, 0.25) is 0 Å². The van der Waals surface area contributed by atoms with Crippen molar-refractivity contribution >= 4 is 43.5 Å². The molecule has 206 valence electrons. The van der Waals surface area contributed by atoms with E-state index in [1.165, 1.54) is 15.8 Å². The number of nitrogens with zero attached hydrogens (tertiary/aromatic N) is 4. The average Bonchev–Trinajstić information content (AvgIpc) is 3.52. The fraction of sp³-hybridized carbons (Fsp3) is 0.455. The lowest BCUT2D eigenvalue weighted by Gasteiger charge is -2.28. The van der Waals surface area contributed by atoms with Crippen LogP contribution >= 0.6 is 26.8 Å². The summed E-state index contributed by atoms with van der Waals surface area (Å²) in [6.07, 6.45) is -2.18. The zero-order valence-electron chi connectivity index (χ0n) is 20.1. The molecular formula is C22H27ClN4O9P2. The van der Waals surface area contributed by atoms with Crippen molar-refractivity contribution in [1.82, 2.24) is 14.8 Å². The van der Waals surface area contributed by atoms with Gasteiger partial charge >= 0.3 is 15.2 Å². The molecule has 16 heteroatoms. The summed E-state index contributed by atoms with van der Waals surface area (Å²) >= 11 is 6.38. The molecule has 0 radical (unpaired) electrons. The summed E-state index contributed by atoms with van der Waals surface area (Å²) in [5.74, 6) is -1.39.